The first-order chi connectivity index (χ1) is 7.79. The molecule has 1 aromatic heterocycles. The Bertz CT molecular complexity index is 447. The summed E-state index contributed by atoms with van der Waals surface area (Å²) in [4.78, 5) is 4.48. The summed E-state index contributed by atoms with van der Waals surface area (Å²) >= 11 is 0. The van der Waals surface area contributed by atoms with Crippen LogP contribution in [0.15, 0.2) is 30.3 Å². The number of hydrogen-bond acceptors (Lipinski definition) is 3. The predicted octanol–water partition coefficient (Wildman–Crippen LogP) is 1.13. The van der Waals surface area contributed by atoms with E-state index in [1.54, 1.807) is 0 Å². The van der Waals surface area contributed by atoms with Gasteiger partial charge in [0.25, 0.3) is 0 Å². The van der Waals surface area contributed by atoms with Crippen LogP contribution in [0.2, 0.25) is 0 Å². The fraction of sp³-hybridized carbons (Fsp3) is 0.333. The molecule has 1 aromatic carbocycles. The van der Waals surface area contributed by atoms with Crippen LogP contribution in [0, 0.1) is 0 Å². The molecule has 1 heterocycles. The lowest BCUT2D eigenvalue weighted by atomic mass is 10.1. The molecule has 0 radical (unpaired) electrons. The third kappa shape index (κ3) is 2.46. The summed E-state index contributed by atoms with van der Waals surface area (Å²) < 4.78 is 1.83. The van der Waals surface area contributed by atoms with Crippen LogP contribution in [-0.4, -0.2) is 21.8 Å². The Hall–Kier alpha value is -1.68. The van der Waals surface area contributed by atoms with Crippen molar-refractivity contribution < 1.29 is 0 Å². The van der Waals surface area contributed by atoms with Gasteiger partial charge < -0.3 is 5.32 Å². The van der Waals surface area contributed by atoms with Crippen molar-refractivity contribution in [1.29, 1.82) is 0 Å². The van der Waals surface area contributed by atoms with Crippen LogP contribution in [0.3, 0.4) is 0 Å². The van der Waals surface area contributed by atoms with Gasteiger partial charge in [0.1, 0.15) is 5.82 Å². The molecule has 84 valence electrons. The Morgan fingerprint density at radius 2 is 2.00 bits per heavy atom. The van der Waals surface area contributed by atoms with E-state index in [2.05, 4.69) is 27.5 Å². The Kier molecular flexibility index (Phi) is 3.31. The molecule has 0 aliphatic heterocycles. The van der Waals surface area contributed by atoms with Crippen molar-refractivity contribution in [1.82, 2.24) is 20.1 Å². The van der Waals surface area contributed by atoms with E-state index in [1.807, 2.05) is 37.0 Å². The zero-order valence-corrected chi connectivity index (χ0v) is 9.64. The van der Waals surface area contributed by atoms with E-state index in [4.69, 9.17) is 0 Å². The minimum atomic E-state index is 0.748. The summed E-state index contributed by atoms with van der Waals surface area (Å²) in [6, 6.07) is 10.3. The van der Waals surface area contributed by atoms with Crippen LogP contribution < -0.4 is 5.32 Å². The fourth-order valence-electron chi connectivity index (χ4n) is 1.64. The second-order valence-corrected chi connectivity index (χ2v) is 3.76. The molecule has 1 N–H and O–H groups in total. The normalized spacial score (nSPS) is 10.6. The highest BCUT2D eigenvalue weighted by Gasteiger charge is 2.06. The molecule has 0 fully saturated rings. The first-order valence-corrected chi connectivity index (χ1v) is 5.37. The van der Waals surface area contributed by atoms with Gasteiger partial charge >= 0.3 is 0 Å². The third-order valence-electron chi connectivity index (χ3n) is 2.44. The van der Waals surface area contributed by atoms with Crippen LogP contribution >= 0.6 is 0 Å². The predicted molar refractivity (Wildman–Crippen MR) is 63.0 cm³/mol. The third-order valence-corrected chi connectivity index (χ3v) is 2.44. The Labute approximate surface area is 95.3 Å². The molecule has 0 saturated heterocycles. The quantitative estimate of drug-likeness (QED) is 0.833. The molecule has 4 heteroatoms. The highest BCUT2D eigenvalue weighted by atomic mass is 15.3. The molecule has 0 amide bonds. The number of aryl methyl sites for hydroxylation is 1. The topological polar surface area (TPSA) is 42.7 Å². The van der Waals surface area contributed by atoms with Crippen molar-refractivity contribution in [2.45, 2.75) is 13.0 Å². The van der Waals surface area contributed by atoms with Crippen molar-refractivity contribution in [3.63, 3.8) is 0 Å². The highest BCUT2D eigenvalue weighted by molar-refractivity contribution is 5.18. The molecule has 0 unspecified atom stereocenters. The number of aromatic nitrogens is 3. The van der Waals surface area contributed by atoms with E-state index in [0.717, 1.165) is 24.6 Å². The van der Waals surface area contributed by atoms with E-state index in [9.17, 15) is 0 Å². The van der Waals surface area contributed by atoms with Crippen molar-refractivity contribution in [2.24, 2.45) is 7.05 Å². The van der Waals surface area contributed by atoms with Crippen LogP contribution in [0.4, 0.5) is 0 Å². The standard InChI is InChI=1S/C12H16N4/c1-13-9-12-14-11(15-16(12)2)8-10-6-4-3-5-7-10/h3-7,13H,8-9H2,1-2H3. The maximum Gasteiger partial charge on any atom is 0.155 e. The molecule has 0 aliphatic carbocycles. The molecule has 0 atom stereocenters. The van der Waals surface area contributed by atoms with Crippen molar-refractivity contribution in [2.75, 3.05) is 7.05 Å². The lowest BCUT2D eigenvalue weighted by Gasteiger charge is -1.95. The van der Waals surface area contributed by atoms with Crippen LogP contribution in [0.25, 0.3) is 0 Å². The van der Waals surface area contributed by atoms with Gasteiger partial charge in [-0.25, -0.2) is 4.98 Å². The molecular weight excluding hydrogens is 200 g/mol. The van der Waals surface area contributed by atoms with Gasteiger partial charge in [0.05, 0.1) is 6.54 Å². The van der Waals surface area contributed by atoms with Crippen molar-refractivity contribution in [3.05, 3.63) is 47.5 Å². The fourth-order valence-corrected chi connectivity index (χ4v) is 1.64. The first kappa shape index (κ1) is 10.8. The summed E-state index contributed by atoms with van der Waals surface area (Å²) in [6.07, 6.45) is 0.790. The van der Waals surface area contributed by atoms with Crippen molar-refractivity contribution >= 4 is 0 Å². The number of benzene rings is 1. The lowest BCUT2D eigenvalue weighted by molar-refractivity contribution is 0.657. The number of nitrogens with zero attached hydrogens (tertiary/aromatic N) is 3. The molecule has 2 rings (SSSR count). The summed E-state index contributed by atoms with van der Waals surface area (Å²) in [5, 5.41) is 7.47. The Morgan fingerprint density at radius 3 is 2.69 bits per heavy atom. The highest BCUT2D eigenvalue weighted by Crippen LogP contribution is 2.06. The molecule has 0 aliphatic rings. The van der Waals surface area contributed by atoms with Gasteiger partial charge in [0.2, 0.25) is 0 Å². The second-order valence-electron chi connectivity index (χ2n) is 3.76. The van der Waals surface area contributed by atoms with Crippen molar-refractivity contribution in [3.8, 4) is 0 Å². The van der Waals surface area contributed by atoms with Crippen LogP contribution in [0.1, 0.15) is 17.2 Å². The average molecular weight is 216 g/mol. The number of nitrogens with one attached hydrogen (secondary N) is 1. The number of hydrogen-bond donors (Lipinski definition) is 1. The van der Waals surface area contributed by atoms with Gasteiger partial charge in [0, 0.05) is 13.5 Å². The molecule has 0 saturated carbocycles. The molecule has 0 bridgehead atoms. The van der Waals surface area contributed by atoms with Gasteiger partial charge in [0.15, 0.2) is 5.82 Å². The minimum Gasteiger partial charge on any atom is -0.313 e. The summed E-state index contributed by atoms with van der Waals surface area (Å²) in [7, 11) is 3.83. The maximum atomic E-state index is 4.48. The lowest BCUT2D eigenvalue weighted by Crippen LogP contribution is -2.10. The Morgan fingerprint density at radius 1 is 1.25 bits per heavy atom. The summed E-state index contributed by atoms with van der Waals surface area (Å²) in [5.41, 5.74) is 1.24. The SMILES string of the molecule is CNCc1nc(Cc2ccccc2)nn1C. The van der Waals surface area contributed by atoms with Gasteiger partial charge in [-0.2, -0.15) is 5.10 Å². The Balaban J connectivity index is 2.13. The van der Waals surface area contributed by atoms with Gasteiger partial charge in [-0.3, -0.25) is 4.68 Å². The summed E-state index contributed by atoms with van der Waals surface area (Å²) in [5.74, 6) is 1.84. The monoisotopic (exact) mass is 216 g/mol. The van der Waals surface area contributed by atoms with E-state index in [-0.39, 0.29) is 0 Å². The smallest absolute Gasteiger partial charge is 0.155 e. The van der Waals surface area contributed by atoms with Gasteiger partial charge in [-0.15, -0.1) is 0 Å². The minimum absolute atomic E-state index is 0.748. The van der Waals surface area contributed by atoms with Crippen LogP contribution in [-0.2, 0) is 20.0 Å². The van der Waals surface area contributed by atoms with E-state index < -0.39 is 0 Å². The zero-order valence-electron chi connectivity index (χ0n) is 9.64. The van der Waals surface area contributed by atoms with Gasteiger partial charge in [-0.05, 0) is 12.6 Å². The van der Waals surface area contributed by atoms with Gasteiger partial charge in [-0.1, -0.05) is 30.3 Å². The van der Waals surface area contributed by atoms with E-state index in [1.165, 1.54) is 5.56 Å². The van der Waals surface area contributed by atoms with E-state index >= 15 is 0 Å². The second kappa shape index (κ2) is 4.90. The average Bonchev–Trinajstić information content (AvgIpc) is 2.61. The molecule has 2 aromatic rings. The molecule has 4 nitrogen and oxygen atoms in total. The maximum absolute atomic E-state index is 4.48. The van der Waals surface area contributed by atoms with E-state index in [0.29, 0.717) is 0 Å². The zero-order chi connectivity index (χ0) is 11.4. The molecular formula is C12H16N4. The molecule has 16 heavy (non-hydrogen) atoms. The molecule has 0 spiro atoms. The number of rotatable bonds is 4. The largest absolute Gasteiger partial charge is 0.313 e. The first-order valence-electron chi connectivity index (χ1n) is 5.37. The van der Waals surface area contributed by atoms with Crippen LogP contribution in [0.5, 0.6) is 0 Å². The summed E-state index contributed by atoms with van der Waals surface area (Å²) in [6.45, 7) is 0.748.